The number of ether oxygens (including phenoxy) is 2. The monoisotopic (exact) mass is 371 g/mol. The highest BCUT2D eigenvalue weighted by Gasteiger charge is 2.22. The number of nitrogens with one attached hydrogen (secondary N) is 1. The molecule has 0 saturated heterocycles. The lowest BCUT2D eigenvalue weighted by Crippen LogP contribution is -2.41. The average molecular weight is 371 g/mol. The molecule has 7 heteroatoms. The lowest BCUT2D eigenvalue weighted by atomic mass is 10.1. The summed E-state index contributed by atoms with van der Waals surface area (Å²) in [5, 5.41) is 11.5. The molecule has 0 spiro atoms. The molecular formula is C20H21NO6. The summed E-state index contributed by atoms with van der Waals surface area (Å²) in [7, 11) is 0. The van der Waals surface area contributed by atoms with Crippen LogP contribution in [0.2, 0.25) is 0 Å². The van der Waals surface area contributed by atoms with Gasteiger partial charge in [0.05, 0.1) is 0 Å². The Morgan fingerprint density at radius 2 is 1.37 bits per heavy atom. The largest absolute Gasteiger partial charge is 0.480 e. The Labute approximate surface area is 156 Å². The van der Waals surface area contributed by atoms with E-state index in [1.807, 2.05) is 36.4 Å². The van der Waals surface area contributed by atoms with Crippen molar-refractivity contribution >= 4 is 18.0 Å². The highest BCUT2D eigenvalue weighted by Crippen LogP contribution is 2.06. The Hall–Kier alpha value is -3.35. The lowest BCUT2D eigenvalue weighted by Gasteiger charge is -2.14. The van der Waals surface area contributed by atoms with Crippen LogP contribution in [-0.4, -0.2) is 29.2 Å². The van der Waals surface area contributed by atoms with Gasteiger partial charge in [0.15, 0.2) is 0 Å². The third-order valence-electron chi connectivity index (χ3n) is 3.68. The molecule has 0 aliphatic rings. The summed E-state index contributed by atoms with van der Waals surface area (Å²) in [6.07, 6.45) is -1.09. The fraction of sp³-hybridized carbons (Fsp3) is 0.250. The third-order valence-corrected chi connectivity index (χ3v) is 3.68. The number of esters is 1. The number of carboxylic acids is 1. The Kier molecular flexibility index (Phi) is 7.84. The van der Waals surface area contributed by atoms with Crippen LogP contribution in [0.1, 0.15) is 24.0 Å². The van der Waals surface area contributed by atoms with E-state index in [1.165, 1.54) is 0 Å². The molecule has 2 rings (SSSR count). The van der Waals surface area contributed by atoms with Crippen molar-refractivity contribution in [3.05, 3.63) is 71.8 Å². The van der Waals surface area contributed by atoms with Gasteiger partial charge in [-0.1, -0.05) is 60.7 Å². The van der Waals surface area contributed by atoms with Crippen LogP contribution < -0.4 is 5.32 Å². The average Bonchev–Trinajstić information content (AvgIpc) is 2.69. The summed E-state index contributed by atoms with van der Waals surface area (Å²) >= 11 is 0. The van der Waals surface area contributed by atoms with E-state index in [1.54, 1.807) is 24.3 Å². The quantitative estimate of drug-likeness (QED) is 0.657. The molecule has 2 N–H and O–H groups in total. The summed E-state index contributed by atoms with van der Waals surface area (Å²) in [6, 6.07) is 16.9. The van der Waals surface area contributed by atoms with Crippen LogP contribution in [0.3, 0.4) is 0 Å². The van der Waals surface area contributed by atoms with Gasteiger partial charge in [-0.15, -0.1) is 0 Å². The number of carboxylic acid groups (broad SMARTS) is 1. The van der Waals surface area contributed by atoms with Crippen LogP contribution >= 0.6 is 0 Å². The minimum absolute atomic E-state index is 0.0259. The van der Waals surface area contributed by atoms with Crippen molar-refractivity contribution in [2.45, 2.75) is 32.1 Å². The molecule has 0 saturated carbocycles. The maximum atomic E-state index is 11.8. The first kappa shape index (κ1) is 20.0. The number of aliphatic carboxylic acids is 1. The molecule has 0 radical (unpaired) electrons. The van der Waals surface area contributed by atoms with Gasteiger partial charge >= 0.3 is 18.0 Å². The molecule has 0 aliphatic carbocycles. The van der Waals surface area contributed by atoms with Crippen molar-refractivity contribution in [3.8, 4) is 0 Å². The topological polar surface area (TPSA) is 102 Å². The summed E-state index contributed by atoms with van der Waals surface area (Å²) in [5.41, 5.74) is 1.62. The number of amides is 1. The van der Waals surface area contributed by atoms with E-state index < -0.39 is 24.1 Å². The SMILES string of the molecule is O=C(CC[C@H](NC(=O)OCc1ccccc1)C(=O)O)OCc1ccccc1. The van der Waals surface area contributed by atoms with E-state index in [2.05, 4.69) is 5.32 Å². The van der Waals surface area contributed by atoms with Crippen LogP contribution in [-0.2, 0) is 32.3 Å². The minimum Gasteiger partial charge on any atom is -0.480 e. The van der Waals surface area contributed by atoms with Crippen LogP contribution in [0.5, 0.6) is 0 Å². The fourth-order valence-corrected chi connectivity index (χ4v) is 2.24. The number of carbonyl (C=O) groups is 3. The standard InChI is InChI=1S/C20H21NO6/c22-18(26-13-15-7-3-1-4-8-15)12-11-17(19(23)24)21-20(25)27-14-16-9-5-2-6-10-16/h1-10,17H,11-14H2,(H,21,25)(H,23,24)/t17-/m0/s1. The van der Waals surface area contributed by atoms with Crippen molar-refractivity contribution in [3.63, 3.8) is 0 Å². The third kappa shape index (κ3) is 7.60. The van der Waals surface area contributed by atoms with Gasteiger partial charge in [0.2, 0.25) is 0 Å². The van der Waals surface area contributed by atoms with E-state index in [-0.39, 0.29) is 26.1 Å². The molecule has 0 fully saturated rings. The first-order chi connectivity index (χ1) is 13.0. The van der Waals surface area contributed by atoms with Crippen molar-refractivity contribution in [1.82, 2.24) is 5.32 Å². The van der Waals surface area contributed by atoms with Gasteiger partial charge < -0.3 is 19.9 Å². The fourth-order valence-electron chi connectivity index (χ4n) is 2.24. The molecule has 7 nitrogen and oxygen atoms in total. The maximum Gasteiger partial charge on any atom is 0.408 e. The predicted octanol–water partition coefficient (Wildman–Crippen LogP) is 2.89. The summed E-state index contributed by atoms with van der Waals surface area (Å²) < 4.78 is 10.1. The Morgan fingerprint density at radius 3 is 1.89 bits per heavy atom. The van der Waals surface area contributed by atoms with Gasteiger partial charge in [0.25, 0.3) is 0 Å². The van der Waals surface area contributed by atoms with Crippen LogP contribution in [0.15, 0.2) is 60.7 Å². The molecular weight excluding hydrogens is 350 g/mol. The first-order valence-electron chi connectivity index (χ1n) is 8.44. The second-order valence-electron chi connectivity index (χ2n) is 5.78. The number of benzene rings is 2. The van der Waals surface area contributed by atoms with Crippen molar-refractivity contribution in [1.29, 1.82) is 0 Å². The second kappa shape index (κ2) is 10.6. The van der Waals surface area contributed by atoms with Gasteiger partial charge in [0.1, 0.15) is 19.3 Å². The normalized spacial score (nSPS) is 11.3. The molecule has 0 bridgehead atoms. The second-order valence-corrected chi connectivity index (χ2v) is 5.78. The molecule has 0 aliphatic heterocycles. The van der Waals surface area contributed by atoms with Gasteiger partial charge in [-0.3, -0.25) is 4.79 Å². The van der Waals surface area contributed by atoms with E-state index >= 15 is 0 Å². The zero-order chi connectivity index (χ0) is 19.5. The molecule has 27 heavy (non-hydrogen) atoms. The smallest absolute Gasteiger partial charge is 0.408 e. The first-order valence-corrected chi connectivity index (χ1v) is 8.44. The number of hydrogen-bond donors (Lipinski definition) is 2. The van der Waals surface area contributed by atoms with Gasteiger partial charge in [-0.25, -0.2) is 9.59 Å². The van der Waals surface area contributed by atoms with Crippen molar-refractivity contribution < 1.29 is 29.0 Å². The molecule has 1 amide bonds. The Morgan fingerprint density at radius 1 is 0.852 bits per heavy atom. The van der Waals surface area contributed by atoms with Crippen LogP contribution in [0.25, 0.3) is 0 Å². The number of alkyl carbamates (subject to hydrolysis) is 1. The zero-order valence-corrected chi connectivity index (χ0v) is 14.7. The maximum absolute atomic E-state index is 11.8. The zero-order valence-electron chi connectivity index (χ0n) is 14.7. The molecule has 2 aromatic rings. The Balaban J connectivity index is 1.73. The molecule has 142 valence electrons. The lowest BCUT2D eigenvalue weighted by molar-refractivity contribution is -0.145. The van der Waals surface area contributed by atoms with E-state index in [0.29, 0.717) is 0 Å². The molecule has 0 aromatic heterocycles. The molecule has 0 unspecified atom stereocenters. The van der Waals surface area contributed by atoms with Crippen molar-refractivity contribution in [2.24, 2.45) is 0 Å². The Bertz CT molecular complexity index is 748. The van der Waals surface area contributed by atoms with E-state index in [0.717, 1.165) is 11.1 Å². The van der Waals surface area contributed by atoms with Crippen LogP contribution in [0, 0.1) is 0 Å². The number of rotatable bonds is 9. The highest BCUT2D eigenvalue weighted by molar-refractivity contribution is 5.80. The van der Waals surface area contributed by atoms with Crippen molar-refractivity contribution in [2.75, 3.05) is 0 Å². The number of hydrogen-bond acceptors (Lipinski definition) is 5. The van der Waals surface area contributed by atoms with E-state index in [4.69, 9.17) is 9.47 Å². The highest BCUT2D eigenvalue weighted by atomic mass is 16.5. The molecule has 0 heterocycles. The van der Waals surface area contributed by atoms with Gasteiger partial charge in [-0.05, 0) is 17.5 Å². The summed E-state index contributed by atoms with van der Waals surface area (Å²) in [4.78, 5) is 34.8. The minimum atomic E-state index is -1.25. The summed E-state index contributed by atoms with van der Waals surface area (Å²) in [6.45, 7) is 0.141. The molecule has 1 atom stereocenters. The van der Waals surface area contributed by atoms with E-state index in [9.17, 15) is 19.5 Å². The van der Waals surface area contributed by atoms with Crippen LogP contribution in [0.4, 0.5) is 4.79 Å². The van der Waals surface area contributed by atoms with Gasteiger partial charge in [0, 0.05) is 6.42 Å². The predicted molar refractivity (Wildman–Crippen MR) is 96.7 cm³/mol. The van der Waals surface area contributed by atoms with Gasteiger partial charge in [-0.2, -0.15) is 0 Å². The molecule has 2 aromatic carbocycles. The number of carbonyl (C=O) groups excluding carboxylic acids is 2. The summed E-state index contributed by atoms with van der Waals surface area (Å²) in [5.74, 6) is -1.79.